The van der Waals surface area contributed by atoms with E-state index in [4.69, 9.17) is 0 Å². The highest BCUT2D eigenvalue weighted by atomic mass is 35.5. The highest BCUT2D eigenvalue weighted by molar-refractivity contribution is 7.99. The molecule has 0 amide bonds. The fraction of sp³-hybridized carbons (Fsp3) is 0.400. The Labute approximate surface area is 156 Å². The molecule has 0 radical (unpaired) electrons. The van der Waals surface area contributed by atoms with Gasteiger partial charge < -0.3 is 9.80 Å². The second-order valence-electron chi connectivity index (χ2n) is 5.92. The van der Waals surface area contributed by atoms with E-state index in [0.29, 0.717) is 0 Å². The molecule has 0 bridgehead atoms. The largest absolute Gasteiger partial charge is 0.340 e. The maximum absolute atomic E-state index is 2.51. The third kappa shape index (κ3) is 4.27. The molecule has 24 heavy (non-hydrogen) atoms. The number of halogens is 1. The Bertz CT molecular complexity index is 598. The molecule has 0 unspecified atom stereocenters. The number of hydrogen-bond donors (Lipinski definition) is 0. The predicted molar refractivity (Wildman–Crippen MR) is 108 cm³/mol. The first-order chi connectivity index (χ1) is 11.3. The van der Waals surface area contributed by atoms with Crippen molar-refractivity contribution in [3.8, 4) is 0 Å². The number of para-hydroxylation sites is 2. The molecule has 0 N–H and O–H groups in total. The molecular weight excluding hydrogens is 336 g/mol. The van der Waals surface area contributed by atoms with Crippen molar-refractivity contribution in [2.45, 2.75) is 36.5 Å². The Balaban J connectivity index is 0.00000208. The van der Waals surface area contributed by atoms with Gasteiger partial charge in [-0.1, -0.05) is 49.9 Å². The summed E-state index contributed by atoms with van der Waals surface area (Å²) in [7, 11) is 0. The summed E-state index contributed by atoms with van der Waals surface area (Å²) < 4.78 is 0. The van der Waals surface area contributed by atoms with Crippen LogP contribution in [0.3, 0.4) is 0 Å². The standard InChI is InChI=1S/C20H26N2S.ClH/c1-3-21(4-2)15-9-10-16-22-17-11-5-7-13-19(17)23-20-14-8-6-12-18(20)22;/h5-8,11-14H,3-4,9-10,15-16H2,1-2H3;1H. The quantitative estimate of drug-likeness (QED) is 0.572. The lowest BCUT2D eigenvalue weighted by Crippen LogP contribution is -2.26. The van der Waals surface area contributed by atoms with Gasteiger partial charge in [0.25, 0.3) is 0 Å². The Kier molecular flexibility index (Phi) is 7.47. The van der Waals surface area contributed by atoms with Crippen LogP contribution in [-0.2, 0) is 0 Å². The van der Waals surface area contributed by atoms with Crippen molar-refractivity contribution in [1.82, 2.24) is 4.90 Å². The van der Waals surface area contributed by atoms with E-state index in [1.54, 1.807) is 0 Å². The van der Waals surface area contributed by atoms with Crippen LogP contribution in [0, 0.1) is 0 Å². The first-order valence-corrected chi connectivity index (χ1v) is 9.51. The Morgan fingerprint density at radius 2 is 1.38 bits per heavy atom. The second kappa shape index (κ2) is 9.36. The van der Waals surface area contributed by atoms with Crippen LogP contribution in [0.1, 0.15) is 26.7 Å². The van der Waals surface area contributed by atoms with Crippen molar-refractivity contribution in [3.63, 3.8) is 0 Å². The van der Waals surface area contributed by atoms with Crippen LogP contribution in [0.25, 0.3) is 0 Å². The lowest BCUT2D eigenvalue weighted by Gasteiger charge is -2.33. The second-order valence-corrected chi connectivity index (χ2v) is 7.01. The number of benzene rings is 2. The molecule has 2 aromatic rings. The summed E-state index contributed by atoms with van der Waals surface area (Å²) in [5, 5.41) is 0. The summed E-state index contributed by atoms with van der Waals surface area (Å²) in [6.07, 6.45) is 2.49. The fourth-order valence-electron chi connectivity index (χ4n) is 3.17. The molecule has 0 atom stereocenters. The maximum Gasteiger partial charge on any atom is 0.0552 e. The highest BCUT2D eigenvalue weighted by Crippen LogP contribution is 2.47. The molecule has 0 fully saturated rings. The fourth-order valence-corrected chi connectivity index (χ4v) is 4.26. The average Bonchev–Trinajstić information content (AvgIpc) is 2.61. The van der Waals surface area contributed by atoms with Crippen molar-refractivity contribution in [2.24, 2.45) is 0 Å². The summed E-state index contributed by atoms with van der Waals surface area (Å²) in [4.78, 5) is 7.75. The topological polar surface area (TPSA) is 6.48 Å². The molecule has 2 aromatic carbocycles. The minimum absolute atomic E-state index is 0. The van der Waals surface area contributed by atoms with E-state index in [0.717, 1.165) is 19.6 Å². The van der Waals surface area contributed by atoms with Crippen LogP contribution in [0.4, 0.5) is 11.4 Å². The van der Waals surface area contributed by atoms with E-state index in [1.165, 1.54) is 40.6 Å². The number of anilines is 2. The van der Waals surface area contributed by atoms with Gasteiger partial charge in [0.2, 0.25) is 0 Å². The van der Waals surface area contributed by atoms with E-state index >= 15 is 0 Å². The minimum atomic E-state index is 0. The SMILES string of the molecule is CCN(CC)CCCCN1c2ccccc2Sc2ccccc21.Cl. The van der Waals surface area contributed by atoms with Gasteiger partial charge in [-0.15, -0.1) is 12.4 Å². The number of rotatable bonds is 7. The number of unbranched alkanes of at least 4 members (excludes halogenated alkanes) is 1. The van der Waals surface area contributed by atoms with E-state index in [2.05, 4.69) is 72.2 Å². The van der Waals surface area contributed by atoms with Gasteiger partial charge in [0.05, 0.1) is 11.4 Å². The van der Waals surface area contributed by atoms with Crippen LogP contribution in [-0.4, -0.2) is 31.1 Å². The maximum atomic E-state index is 2.51. The van der Waals surface area contributed by atoms with Gasteiger partial charge in [-0.05, 0) is 56.7 Å². The molecule has 4 heteroatoms. The van der Waals surface area contributed by atoms with Crippen molar-refractivity contribution in [3.05, 3.63) is 48.5 Å². The molecule has 1 aliphatic heterocycles. The number of hydrogen-bond acceptors (Lipinski definition) is 3. The molecule has 0 saturated heterocycles. The van der Waals surface area contributed by atoms with Crippen molar-refractivity contribution in [1.29, 1.82) is 0 Å². The molecule has 130 valence electrons. The van der Waals surface area contributed by atoms with E-state index in [1.807, 2.05) is 11.8 Å². The first kappa shape index (κ1) is 19.2. The molecule has 1 heterocycles. The average molecular weight is 363 g/mol. The zero-order chi connectivity index (χ0) is 16.1. The first-order valence-electron chi connectivity index (χ1n) is 8.69. The lowest BCUT2D eigenvalue weighted by molar-refractivity contribution is 0.297. The third-order valence-electron chi connectivity index (χ3n) is 4.53. The van der Waals surface area contributed by atoms with E-state index in [9.17, 15) is 0 Å². The summed E-state index contributed by atoms with van der Waals surface area (Å²) in [5.74, 6) is 0. The summed E-state index contributed by atoms with van der Waals surface area (Å²) >= 11 is 1.89. The lowest BCUT2D eigenvalue weighted by atomic mass is 10.2. The summed E-state index contributed by atoms with van der Waals surface area (Å²) in [5.41, 5.74) is 2.72. The van der Waals surface area contributed by atoms with Gasteiger partial charge in [0.15, 0.2) is 0 Å². The van der Waals surface area contributed by atoms with Gasteiger partial charge in [-0.2, -0.15) is 0 Å². The Morgan fingerprint density at radius 3 is 1.92 bits per heavy atom. The van der Waals surface area contributed by atoms with Crippen LogP contribution < -0.4 is 4.90 Å². The molecule has 0 saturated carbocycles. The molecule has 0 aliphatic carbocycles. The third-order valence-corrected chi connectivity index (χ3v) is 5.66. The molecule has 3 rings (SSSR count). The Hall–Kier alpha value is -1.16. The van der Waals surface area contributed by atoms with Crippen LogP contribution in [0.2, 0.25) is 0 Å². The van der Waals surface area contributed by atoms with Crippen molar-refractivity contribution >= 4 is 35.5 Å². The molecule has 0 spiro atoms. The van der Waals surface area contributed by atoms with E-state index in [-0.39, 0.29) is 12.4 Å². The van der Waals surface area contributed by atoms with Crippen LogP contribution in [0.15, 0.2) is 58.3 Å². The number of nitrogens with zero attached hydrogens (tertiary/aromatic N) is 2. The normalized spacial score (nSPS) is 12.5. The van der Waals surface area contributed by atoms with Gasteiger partial charge in [-0.25, -0.2) is 0 Å². The minimum Gasteiger partial charge on any atom is -0.340 e. The van der Waals surface area contributed by atoms with Crippen LogP contribution >= 0.6 is 24.2 Å². The number of fused-ring (bicyclic) bond motifs is 2. The highest BCUT2D eigenvalue weighted by Gasteiger charge is 2.22. The van der Waals surface area contributed by atoms with Gasteiger partial charge in [-0.3, -0.25) is 0 Å². The molecular formula is C20H27ClN2S. The van der Waals surface area contributed by atoms with Crippen molar-refractivity contribution < 1.29 is 0 Å². The van der Waals surface area contributed by atoms with Crippen LogP contribution in [0.5, 0.6) is 0 Å². The Morgan fingerprint density at radius 1 is 0.833 bits per heavy atom. The van der Waals surface area contributed by atoms with Gasteiger partial charge in [0.1, 0.15) is 0 Å². The zero-order valence-electron chi connectivity index (χ0n) is 14.6. The smallest absolute Gasteiger partial charge is 0.0552 e. The molecule has 1 aliphatic rings. The predicted octanol–water partition coefficient (Wildman–Crippen LogP) is 5.83. The summed E-state index contributed by atoms with van der Waals surface area (Å²) in [6.45, 7) is 9.11. The monoisotopic (exact) mass is 362 g/mol. The summed E-state index contributed by atoms with van der Waals surface area (Å²) in [6, 6.07) is 17.5. The molecule has 0 aromatic heterocycles. The van der Waals surface area contributed by atoms with Gasteiger partial charge in [0, 0.05) is 16.3 Å². The van der Waals surface area contributed by atoms with Crippen molar-refractivity contribution in [2.75, 3.05) is 31.1 Å². The zero-order valence-corrected chi connectivity index (χ0v) is 16.2. The van der Waals surface area contributed by atoms with E-state index < -0.39 is 0 Å². The molecule has 2 nitrogen and oxygen atoms in total. The van der Waals surface area contributed by atoms with Gasteiger partial charge >= 0.3 is 0 Å².